The molecule has 0 radical (unpaired) electrons. The van der Waals surface area contributed by atoms with Crippen LogP contribution in [0.5, 0.6) is 0 Å². The highest BCUT2D eigenvalue weighted by molar-refractivity contribution is 7.17. The Hall–Kier alpha value is -0.970. The van der Waals surface area contributed by atoms with Gasteiger partial charge >= 0.3 is 0 Å². The summed E-state index contributed by atoms with van der Waals surface area (Å²) in [4.78, 5) is 7.00. The van der Waals surface area contributed by atoms with Crippen molar-refractivity contribution >= 4 is 21.6 Å². The lowest BCUT2D eigenvalue weighted by Crippen LogP contribution is -2.33. The first-order valence-electron chi connectivity index (χ1n) is 7.53. The highest BCUT2D eigenvalue weighted by Gasteiger charge is 2.08. The second kappa shape index (κ2) is 7.72. The van der Waals surface area contributed by atoms with E-state index in [2.05, 4.69) is 53.5 Å². The van der Waals surface area contributed by atoms with Crippen molar-refractivity contribution in [2.24, 2.45) is 0 Å². The Morgan fingerprint density at radius 3 is 2.95 bits per heavy atom. The molecule has 1 atom stereocenters. The van der Waals surface area contributed by atoms with E-state index in [4.69, 9.17) is 0 Å². The number of nitrogens with zero attached hydrogens (tertiary/aromatic N) is 2. The summed E-state index contributed by atoms with van der Waals surface area (Å²) in [5.41, 5.74) is 2.38. The Morgan fingerprint density at radius 1 is 1.35 bits per heavy atom. The largest absolute Gasteiger partial charge is 0.309 e. The standard InChI is InChI=1S/C16H25N3S/c1-4-8-19(5-2)9-7-17-13(3)14-11-16-15(18-12-14)6-10-20-16/h6,10-13,17H,4-5,7-9H2,1-3H3. The maximum Gasteiger partial charge on any atom is 0.0809 e. The molecular weight excluding hydrogens is 266 g/mol. The Kier molecular flexibility index (Phi) is 5.95. The lowest BCUT2D eigenvalue weighted by Gasteiger charge is -2.21. The number of nitrogens with one attached hydrogen (secondary N) is 1. The van der Waals surface area contributed by atoms with Gasteiger partial charge in [0.1, 0.15) is 0 Å². The normalized spacial score (nSPS) is 13.2. The molecule has 0 aromatic carbocycles. The zero-order valence-corrected chi connectivity index (χ0v) is 13.5. The van der Waals surface area contributed by atoms with Gasteiger partial charge in [-0.2, -0.15) is 0 Å². The smallest absolute Gasteiger partial charge is 0.0809 e. The van der Waals surface area contributed by atoms with Crippen LogP contribution < -0.4 is 5.32 Å². The molecule has 1 unspecified atom stereocenters. The maximum atomic E-state index is 4.51. The molecule has 2 heterocycles. The molecule has 0 amide bonds. The molecular formula is C16H25N3S. The molecule has 4 heteroatoms. The minimum absolute atomic E-state index is 0.356. The fourth-order valence-corrected chi connectivity index (χ4v) is 3.19. The van der Waals surface area contributed by atoms with Crippen LogP contribution in [0.3, 0.4) is 0 Å². The molecule has 0 saturated heterocycles. The molecule has 0 bridgehead atoms. The van der Waals surface area contributed by atoms with Gasteiger partial charge in [-0.05, 0) is 49.5 Å². The van der Waals surface area contributed by atoms with Gasteiger partial charge in [0, 0.05) is 25.3 Å². The minimum Gasteiger partial charge on any atom is -0.309 e. The second-order valence-corrected chi connectivity index (χ2v) is 6.13. The monoisotopic (exact) mass is 291 g/mol. The van der Waals surface area contributed by atoms with Crippen molar-refractivity contribution in [2.75, 3.05) is 26.2 Å². The Bertz CT molecular complexity index is 523. The third kappa shape index (κ3) is 4.01. The first kappa shape index (κ1) is 15.4. The van der Waals surface area contributed by atoms with Crippen LogP contribution in [0, 0.1) is 0 Å². The summed E-state index contributed by atoms with van der Waals surface area (Å²) >= 11 is 1.76. The first-order chi connectivity index (χ1) is 9.74. The van der Waals surface area contributed by atoms with Gasteiger partial charge in [0.2, 0.25) is 0 Å². The average Bonchev–Trinajstić information content (AvgIpc) is 2.93. The predicted molar refractivity (Wildman–Crippen MR) is 88.4 cm³/mol. The van der Waals surface area contributed by atoms with E-state index in [1.807, 2.05) is 6.20 Å². The van der Waals surface area contributed by atoms with E-state index in [-0.39, 0.29) is 0 Å². The molecule has 2 aromatic heterocycles. The lowest BCUT2D eigenvalue weighted by molar-refractivity contribution is 0.284. The second-order valence-electron chi connectivity index (χ2n) is 5.18. The van der Waals surface area contributed by atoms with Crippen molar-refractivity contribution < 1.29 is 0 Å². The molecule has 110 valence electrons. The van der Waals surface area contributed by atoms with E-state index in [9.17, 15) is 0 Å². The zero-order valence-electron chi connectivity index (χ0n) is 12.7. The van der Waals surface area contributed by atoms with E-state index in [1.54, 1.807) is 11.3 Å². The third-order valence-electron chi connectivity index (χ3n) is 3.69. The van der Waals surface area contributed by atoms with Gasteiger partial charge in [-0.15, -0.1) is 11.3 Å². The summed E-state index contributed by atoms with van der Waals surface area (Å²) in [6.45, 7) is 11.1. The number of pyridine rings is 1. The lowest BCUT2D eigenvalue weighted by atomic mass is 10.1. The number of rotatable bonds is 8. The quantitative estimate of drug-likeness (QED) is 0.804. The highest BCUT2D eigenvalue weighted by atomic mass is 32.1. The Labute approximate surface area is 126 Å². The molecule has 20 heavy (non-hydrogen) atoms. The van der Waals surface area contributed by atoms with Crippen molar-refractivity contribution in [2.45, 2.75) is 33.2 Å². The molecule has 2 aromatic rings. The van der Waals surface area contributed by atoms with Gasteiger partial charge in [-0.3, -0.25) is 4.98 Å². The number of fused-ring (bicyclic) bond motifs is 1. The molecule has 0 spiro atoms. The van der Waals surface area contributed by atoms with Crippen molar-refractivity contribution in [1.82, 2.24) is 15.2 Å². The van der Waals surface area contributed by atoms with E-state index in [1.165, 1.54) is 23.2 Å². The number of hydrogen-bond donors (Lipinski definition) is 1. The molecule has 0 aliphatic rings. The predicted octanol–water partition coefficient (Wildman–Crippen LogP) is 3.68. The Morgan fingerprint density at radius 2 is 2.20 bits per heavy atom. The van der Waals surface area contributed by atoms with Crippen LogP contribution in [0.4, 0.5) is 0 Å². The molecule has 2 rings (SSSR count). The SMILES string of the molecule is CCCN(CC)CCNC(C)c1cnc2ccsc2c1. The third-order valence-corrected chi connectivity index (χ3v) is 4.54. The van der Waals surface area contributed by atoms with E-state index in [0.29, 0.717) is 6.04 Å². The molecule has 0 aliphatic heterocycles. The van der Waals surface area contributed by atoms with Crippen LogP contribution in [-0.4, -0.2) is 36.1 Å². The maximum absolute atomic E-state index is 4.51. The van der Waals surface area contributed by atoms with Crippen molar-refractivity contribution in [3.05, 3.63) is 29.3 Å². The van der Waals surface area contributed by atoms with E-state index < -0.39 is 0 Å². The summed E-state index contributed by atoms with van der Waals surface area (Å²) in [7, 11) is 0. The van der Waals surface area contributed by atoms with E-state index >= 15 is 0 Å². The van der Waals surface area contributed by atoms with Crippen molar-refractivity contribution in [3.8, 4) is 0 Å². The molecule has 1 N–H and O–H groups in total. The van der Waals surface area contributed by atoms with Crippen molar-refractivity contribution in [3.63, 3.8) is 0 Å². The number of aromatic nitrogens is 1. The van der Waals surface area contributed by atoms with Gasteiger partial charge in [0.15, 0.2) is 0 Å². The van der Waals surface area contributed by atoms with Crippen LogP contribution in [0.2, 0.25) is 0 Å². The van der Waals surface area contributed by atoms with Gasteiger partial charge in [-0.25, -0.2) is 0 Å². The summed E-state index contributed by atoms with van der Waals surface area (Å²) < 4.78 is 1.28. The average molecular weight is 291 g/mol. The van der Waals surface area contributed by atoms with E-state index in [0.717, 1.165) is 25.2 Å². The molecule has 3 nitrogen and oxygen atoms in total. The highest BCUT2D eigenvalue weighted by Crippen LogP contribution is 2.22. The van der Waals surface area contributed by atoms with Gasteiger partial charge in [0.05, 0.1) is 10.2 Å². The molecule has 0 aliphatic carbocycles. The number of likely N-dealkylation sites (N-methyl/N-ethyl adjacent to an activating group) is 1. The van der Waals surface area contributed by atoms with Crippen LogP contribution in [0.15, 0.2) is 23.7 Å². The van der Waals surface area contributed by atoms with Gasteiger partial charge in [0.25, 0.3) is 0 Å². The number of thiophene rings is 1. The number of hydrogen-bond acceptors (Lipinski definition) is 4. The van der Waals surface area contributed by atoms with Crippen molar-refractivity contribution in [1.29, 1.82) is 0 Å². The summed E-state index contributed by atoms with van der Waals surface area (Å²) in [5.74, 6) is 0. The molecule has 0 fully saturated rings. The summed E-state index contributed by atoms with van der Waals surface area (Å²) in [6.07, 6.45) is 3.22. The summed E-state index contributed by atoms with van der Waals surface area (Å²) in [6, 6.07) is 4.69. The minimum atomic E-state index is 0.356. The Balaban J connectivity index is 1.86. The topological polar surface area (TPSA) is 28.2 Å². The van der Waals surface area contributed by atoms with Crippen LogP contribution in [0.1, 0.15) is 38.8 Å². The summed E-state index contributed by atoms with van der Waals surface area (Å²) in [5, 5.41) is 5.70. The van der Waals surface area contributed by atoms with Crippen LogP contribution >= 0.6 is 11.3 Å². The van der Waals surface area contributed by atoms with Gasteiger partial charge < -0.3 is 10.2 Å². The zero-order chi connectivity index (χ0) is 14.4. The van der Waals surface area contributed by atoms with Crippen LogP contribution in [-0.2, 0) is 0 Å². The van der Waals surface area contributed by atoms with Gasteiger partial charge in [-0.1, -0.05) is 13.8 Å². The van der Waals surface area contributed by atoms with Crippen LogP contribution in [0.25, 0.3) is 10.2 Å². The fraction of sp³-hybridized carbons (Fsp3) is 0.562. The molecule has 0 saturated carbocycles. The first-order valence-corrected chi connectivity index (χ1v) is 8.41. The fourth-order valence-electron chi connectivity index (χ4n) is 2.40.